The molecule has 2 aliphatic rings. The fraction of sp³-hybridized carbons (Fsp3) is 0.333. The van der Waals surface area contributed by atoms with Crippen molar-refractivity contribution in [2.24, 2.45) is 0 Å². The third-order valence-corrected chi connectivity index (χ3v) is 8.06. The molecule has 0 radical (unpaired) electrons. The van der Waals surface area contributed by atoms with E-state index in [0.29, 0.717) is 25.3 Å². The predicted octanol–water partition coefficient (Wildman–Crippen LogP) is 3.42. The van der Waals surface area contributed by atoms with E-state index in [-0.39, 0.29) is 31.4 Å². The maximum absolute atomic E-state index is 13.9. The number of carbonyl (C=O) groups excluding carboxylic acids is 3. The summed E-state index contributed by atoms with van der Waals surface area (Å²) in [6.45, 7) is 0.527. The van der Waals surface area contributed by atoms with Crippen LogP contribution in [0.25, 0.3) is 10.8 Å². The lowest BCUT2D eigenvalue weighted by Crippen LogP contribution is -2.76. The molecule has 0 bridgehead atoms. The van der Waals surface area contributed by atoms with E-state index in [4.69, 9.17) is 0 Å². The van der Waals surface area contributed by atoms with Crippen molar-refractivity contribution in [2.75, 3.05) is 31.6 Å². The molecule has 1 N–H and O–H groups in total. The van der Waals surface area contributed by atoms with Gasteiger partial charge in [-0.25, -0.2) is 9.80 Å². The average Bonchev–Trinajstić information content (AvgIpc) is 2.97. The van der Waals surface area contributed by atoms with Gasteiger partial charge in [0.15, 0.2) is 0 Å². The van der Waals surface area contributed by atoms with Gasteiger partial charge in [-0.1, -0.05) is 72.8 Å². The first-order valence-corrected chi connectivity index (χ1v) is 14.7. The highest BCUT2D eigenvalue weighted by atomic mass is 32.2. The highest BCUT2D eigenvalue weighted by molar-refractivity contribution is 7.98. The van der Waals surface area contributed by atoms with E-state index in [2.05, 4.69) is 11.4 Å². The Balaban J connectivity index is 1.48. The van der Waals surface area contributed by atoms with Crippen LogP contribution in [-0.2, 0) is 22.7 Å². The van der Waals surface area contributed by atoms with Crippen LogP contribution in [0, 0.1) is 11.3 Å². The fourth-order valence-corrected chi connectivity index (χ4v) is 6.01. The minimum Gasteiger partial charge on any atom is -0.333 e. The maximum Gasteiger partial charge on any atom is 0.334 e. The van der Waals surface area contributed by atoms with Crippen LogP contribution in [0.2, 0.25) is 0 Å². The van der Waals surface area contributed by atoms with Gasteiger partial charge in [0, 0.05) is 13.1 Å². The molecular formula is C30H32N6O3S. The van der Waals surface area contributed by atoms with E-state index < -0.39 is 18.2 Å². The highest BCUT2D eigenvalue weighted by Gasteiger charge is 2.51. The minimum absolute atomic E-state index is 0.120. The summed E-state index contributed by atoms with van der Waals surface area (Å²) in [5.74, 6) is 0.318. The molecule has 2 aliphatic heterocycles. The number of benzene rings is 3. The first kappa shape index (κ1) is 27.5. The first-order chi connectivity index (χ1) is 19.5. The molecule has 40 heavy (non-hydrogen) atoms. The minimum atomic E-state index is -0.732. The van der Waals surface area contributed by atoms with E-state index in [0.717, 1.165) is 21.9 Å². The molecule has 4 amide bonds. The number of nitrogens with one attached hydrogen (secondary N) is 1. The van der Waals surface area contributed by atoms with Crippen LogP contribution in [0.1, 0.15) is 17.5 Å². The molecule has 0 spiro atoms. The van der Waals surface area contributed by atoms with Gasteiger partial charge in [0.1, 0.15) is 18.8 Å². The number of hydrogen-bond donors (Lipinski definition) is 1. The Morgan fingerprint density at radius 3 is 2.58 bits per heavy atom. The summed E-state index contributed by atoms with van der Waals surface area (Å²) in [6, 6.07) is 24.6. The van der Waals surface area contributed by atoms with Crippen molar-refractivity contribution in [2.45, 2.75) is 31.7 Å². The highest BCUT2D eigenvalue weighted by Crippen LogP contribution is 2.30. The molecule has 0 aliphatic carbocycles. The topological polar surface area (TPSA) is 100.0 Å². The lowest BCUT2D eigenvalue weighted by molar-refractivity contribution is -0.189. The second-order valence-corrected chi connectivity index (χ2v) is 10.9. The van der Waals surface area contributed by atoms with Gasteiger partial charge in [0.05, 0.1) is 19.2 Å². The van der Waals surface area contributed by atoms with Crippen LogP contribution >= 0.6 is 11.8 Å². The average molecular weight is 557 g/mol. The number of nitriles is 1. The fourth-order valence-electron chi connectivity index (χ4n) is 5.55. The monoisotopic (exact) mass is 556 g/mol. The molecule has 3 aromatic rings. The van der Waals surface area contributed by atoms with E-state index in [1.54, 1.807) is 21.6 Å². The van der Waals surface area contributed by atoms with Crippen LogP contribution in [-0.4, -0.2) is 81.5 Å². The Labute approximate surface area is 238 Å². The summed E-state index contributed by atoms with van der Waals surface area (Å²) in [4.78, 5) is 44.4. The quantitative estimate of drug-likeness (QED) is 0.427. The predicted molar refractivity (Wildman–Crippen MR) is 154 cm³/mol. The second kappa shape index (κ2) is 12.4. The van der Waals surface area contributed by atoms with Crippen LogP contribution in [0.3, 0.4) is 0 Å². The molecule has 1 unspecified atom stereocenters. The number of amides is 4. The summed E-state index contributed by atoms with van der Waals surface area (Å²) in [7, 11) is 0. The Morgan fingerprint density at radius 2 is 1.80 bits per heavy atom. The summed E-state index contributed by atoms with van der Waals surface area (Å²) < 4.78 is 0. The summed E-state index contributed by atoms with van der Waals surface area (Å²) >= 11 is 1.61. The molecule has 2 saturated heterocycles. The van der Waals surface area contributed by atoms with Gasteiger partial charge in [-0.05, 0) is 40.3 Å². The first-order valence-electron chi connectivity index (χ1n) is 13.3. The second-order valence-electron chi connectivity index (χ2n) is 9.91. The normalized spacial score (nSPS) is 19.4. The molecular weight excluding hydrogens is 524 g/mol. The molecule has 2 atom stereocenters. The largest absolute Gasteiger partial charge is 0.334 e. The van der Waals surface area contributed by atoms with Crippen molar-refractivity contribution in [3.63, 3.8) is 0 Å². The van der Waals surface area contributed by atoms with Crippen LogP contribution in [0.5, 0.6) is 0 Å². The standard InChI is InChI=1S/C30H32N6O3S/c1-40-17-14-26-29(38)33(19-24-12-7-11-23-10-5-6-13-25(23)24)20-27-35(26)28(37)21-34(16-15-31)36(27)30(39)32-18-22-8-3-2-4-9-22/h2-13,26-27H,14,16-21H2,1H3,(H,32,39)/t26-,27?/m0/s1. The molecule has 0 saturated carbocycles. The van der Waals surface area contributed by atoms with Crippen LogP contribution in [0.4, 0.5) is 4.79 Å². The molecule has 3 aromatic carbocycles. The third kappa shape index (κ3) is 5.62. The molecule has 206 valence electrons. The third-order valence-electron chi connectivity index (χ3n) is 7.41. The molecule has 10 heteroatoms. The smallest absolute Gasteiger partial charge is 0.333 e. The number of piperazine rings is 1. The Bertz CT molecular complexity index is 1420. The molecule has 5 rings (SSSR count). The zero-order chi connectivity index (χ0) is 28.1. The van der Waals surface area contributed by atoms with E-state index in [1.165, 1.54) is 10.0 Å². The number of rotatable bonds is 8. The number of fused-ring (bicyclic) bond motifs is 2. The van der Waals surface area contributed by atoms with Crippen molar-refractivity contribution in [3.8, 4) is 6.07 Å². The van der Waals surface area contributed by atoms with Crippen molar-refractivity contribution < 1.29 is 14.4 Å². The van der Waals surface area contributed by atoms with Crippen LogP contribution in [0.15, 0.2) is 72.8 Å². The van der Waals surface area contributed by atoms with E-state index in [1.807, 2.05) is 79.1 Å². The SMILES string of the molecule is CSCC[C@H]1C(=O)N(Cc2cccc3ccccc23)CC2N1C(=O)CN(CC#N)N2C(=O)NCc1ccccc1. The van der Waals surface area contributed by atoms with Crippen LogP contribution < -0.4 is 5.32 Å². The number of hydrogen-bond acceptors (Lipinski definition) is 6. The summed E-state index contributed by atoms with van der Waals surface area (Å²) in [5, 5.41) is 17.6. The molecule has 2 heterocycles. The summed E-state index contributed by atoms with van der Waals surface area (Å²) in [6.07, 6.45) is 1.71. The maximum atomic E-state index is 13.9. The Hall–Kier alpha value is -4.07. The molecule has 9 nitrogen and oxygen atoms in total. The Kier molecular flexibility index (Phi) is 8.53. The van der Waals surface area contributed by atoms with Crippen molar-refractivity contribution in [1.29, 1.82) is 5.26 Å². The van der Waals surface area contributed by atoms with Gasteiger partial charge in [-0.2, -0.15) is 22.0 Å². The lowest BCUT2D eigenvalue weighted by Gasteiger charge is -2.54. The number of nitrogens with zero attached hydrogens (tertiary/aromatic N) is 5. The lowest BCUT2D eigenvalue weighted by atomic mass is 10.0. The van der Waals surface area contributed by atoms with Gasteiger partial charge in [0.2, 0.25) is 11.8 Å². The van der Waals surface area contributed by atoms with Crippen molar-refractivity contribution >= 4 is 40.4 Å². The molecule has 0 aromatic heterocycles. The number of urea groups is 1. The number of thioether (sulfide) groups is 1. The van der Waals surface area contributed by atoms with E-state index >= 15 is 0 Å². The van der Waals surface area contributed by atoms with Crippen molar-refractivity contribution in [1.82, 2.24) is 25.1 Å². The van der Waals surface area contributed by atoms with Gasteiger partial charge in [-0.3, -0.25) is 9.59 Å². The van der Waals surface area contributed by atoms with Gasteiger partial charge < -0.3 is 15.1 Å². The molecule has 2 fully saturated rings. The van der Waals surface area contributed by atoms with Gasteiger partial charge >= 0.3 is 6.03 Å². The van der Waals surface area contributed by atoms with E-state index in [9.17, 15) is 19.6 Å². The van der Waals surface area contributed by atoms with Gasteiger partial charge in [0.25, 0.3) is 0 Å². The Morgan fingerprint density at radius 1 is 1.05 bits per heavy atom. The van der Waals surface area contributed by atoms with Gasteiger partial charge in [-0.15, -0.1) is 0 Å². The summed E-state index contributed by atoms with van der Waals surface area (Å²) in [5.41, 5.74) is 1.93. The number of carbonyl (C=O) groups is 3. The van der Waals surface area contributed by atoms with Crippen molar-refractivity contribution in [3.05, 3.63) is 83.9 Å². The zero-order valence-corrected chi connectivity index (χ0v) is 23.2. The number of hydrazine groups is 1. The zero-order valence-electron chi connectivity index (χ0n) is 22.4.